The molecular weight excluding hydrogens is 532 g/mol. The first-order valence-corrected chi connectivity index (χ1v) is 13.8. The Bertz CT molecular complexity index is 1510. The maximum Gasteiger partial charge on any atom is 0.413 e. The number of imidazole rings is 1. The van der Waals surface area contributed by atoms with Crippen molar-refractivity contribution in [2.75, 3.05) is 25.6 Å². The predicted octanol–water partition coefficient (Wildman–Crippen LogP) is 6.18. The average molecular weight is 566 g/mol. The Balaban J connectivity index is 1.22. The Morgan fingerprint density at radius 1 is 1.20 bits per heavy atom. The van der Waals surface area contributed by atoms with Gasteiger partial charge < -0.3 is 24.3 Å². The predicted molar refractivity (Wildman–Crippen MR) is 150 cm³/mol. The van der Waals surface area contributed by atoms with Crippen molar-refractivity contribution in [3.63, 3.8) is 0 Å². The van der Waals surface area contributed by atoms with Crippen LogP contribution in [0, 0.1) is 5.41 Å². The number of aromatic nitrogens is 2. The summed E-state index contributed by atoms with van der Waals surface area (Å²) in [6.45, 7) is 6.11. The largest absolute Gasteiger partial charge is 0.491 e. The van der Waals surface area contributed by atoms with Crippen molar-refractivity contribution in [1.82, 2.24) is 19.8 Å². The third-order valence-electron chi connectivity index (χ3n) is 8.81. The molecule has 6 rings (SSSR count). The molecule has 9 nitrogen and oxygen atoms in total. The number of nitrogens with zero attached hydrogens (tertiary/aromatic N) is 3. The van der Waals surface area contributed by atoms with Gasteiger partial charge in [-0.15, -0.1) is 0 Å². The van der Waals surface area contributed by atoms with E-state index in [1.165, 1.54) is 7.11 Å². The van der Waals surface area contributed by atoms with Gasteiger partial charge >= 0.3 is 12.1 Å². The molecule has 2 bridgehead atoms. The van der Waals surface area contributed by atoms with E-state index < -0.39 is 17.4 Å². The van der Waals surface area contributed by atoms with E-state index in [1.807, 2.05) is 41.3 Å². The fraction of sp³-hybridized carbons (Fsp3) is 0.433. The topological polar surface area (TPSA) is 99.8 Å². The third kappa shape index (κ3) is 4.76. The first-order valence-electron chi connectivity index (χ1n) is 13.8. The molecule has 3 aromatic rings. The molecule has 0 saturated carbocycles. The lowest BCUT2D eigenvalue weighted by atomic mass is 9.71. The van der Waals surface area contributed by atoms with E-state index in [9.17, 15) is 18.4 Å². The minimum atomic E-state index is -2.98. The molecule has 2 aromatic carbocycles. The number of H-pyrrole nitrogens is 1. The van der Waals surface area contributed by atoms with Crippen LogP contribution in [0.1, 0.15) is 38.2 Å². The summed E-state index contributed by atoms with van der Waals surface area (Å²) in [6.07, 6.45) is 2.12. The van der Waals surface area contributed by atoms with Gasteiger partial charge in [0.2, 0.25) is 5.95 Å². The number of urea groups is 1. The van der Waals surface area contributed by atoms with Gasteiger partial charge in [-0.2, -0.15) is 0 Å². The van der Waals surface area contributed by atoms with Crippen LogP contribution in [0.4, 0.5) is 24.3 Å². The van der Waals surface area contributed by atoms with Gasteiger partial charge in [0.25, 0.3) is 5.92 Å². The lowest BCUT2D eigenvalue weighted by Gasteiger charge is -2.48. The van der Waals surface area contributed by atoms with Crippen LogP contribution >= 0.6 is 0 Å². The van der Waals surface area contributed by atoms with Crippen LogP contribution in [-0.2, 0) is 11.3 Å². The number of hydrogen-bond acceptors (Lipinski definition) is 5. The van der Waals surface area contributed by atoms with Gasteiger partial charge in [-0.3, -0.25) is 5.32 Å². The average Bonchev–Trinajstić information content (AvgIpc) is 3.39. The number of alkyl halides is 2. The number of ether oxygens (including phenoxy) is 2. The fourth-order valence-corrected chi connectivity index (χ4v) is 6.61. The number of fused-ring (bicyclic) bond motifs is 4. The molecule has 0 aliphatic carbocycles. The van der Waals surface area contributed by atoms with Gasteiger partial charge in [0, 0.05) is 23.1 Å². The number of anilines is 1. The van der Waals surface area contributed by atoms with E-state index in [0.717, 1.165) is 46.9 Å². The van der Waals surface area contributed by atoms with Crippen LogP contribution in [-0.4, -0.2) is 70.2 Å². The van der Waals surface area contributed by atoms with Crippen LogP contribution in [0.15, 0.2) is 49.1 Å². The smallest absolute Gasteiger partial charge is 0.413 e. The zero-order chi connectivity index (χ0) is 28.9. The summed E-state index contributed by atoms with van der Waals surface area (Å²) < 4.78 is 40.1. The number of nitrogens with one attached hydrogen (secondary N) is 2. The second kappa shape index (κ2) is 10.0. The zero-order valence-corrected chi connectivity index (χ0v) is 23.1. The van der Waals surface area contributed by atoms with Crippen LogP contribution in [0.25, 0.3) is 22.2 Å². The molecular formula is C30H33F2N5O4. The summed E-state index contributed by atoms with van der Waals surface area (Å²) in [7, 11) is 1.28. The second-order valence-corrected chi connectivity index (χ2v) is 11.4. The van der Waals surface area contributed by atoms with E-state index in [1.54, 1.807) is 11.8 Å². The first kappa shape index (κ1) is 27.0. The van der Waals surface area contributed by atoms with Crippen molar-refractivity contribution in [2.45, 2.75) is 57.2 Å². The van der Waals surface area contributed by atoms with E-state index >= 15 is 0 Å². The molecule has 2 atom stereocenters. The quantitative estimate of drug-likeness (QED) is 0.368. The lowest BCUT2D eigenvalue weighted by Crippen LogP contribution is -2.57. The molecule has 2 N–H and O–H groups in total. The van der Waals surface area contributed by atoms with Gasteiger partial charge in [0.15, 0.2) is 0 Å². The highest BCUT2D eigenvalue weighted by Crippen LogP contribution is 2.53. The maximum atomic E-state index is 14.8. The van der Waals surface area contributed by atoms with Crippen molar-refractivity contribution >= 4 is 29.1 Å². The number of amides is 3. The number of halogens is 2. The van der Waals surface area contributed by atoms with Gasteiger partial charge in [-0.25, -0.2) is 23.4 Å². The molecule has 2 saturated heterocycles. The molecule has 11 heteroatoms. The number of allylic oxidation sites excluding steroid dienone is 1. The highest BCUT2D eigenvalue weighted by Gasteiger charge is 2.57. The SMILES string of the molecule is C=CC(F)(F)C1(C)CC2CCC(C1)N2C(=O)N1CCOc2ccc(-c3ccc4nc(NC(=O)OC)[nH]c4c3)cc2C1. The summed E-state index contributed by atoms with van der Waals surface area (Å²) in [4.78, 5) is 36.4. The Hall–Kier alpha value is -4.15. The van der Waals surface area contributed by atoms with Crippen LogP contribution < -0.4 is 10.1 Å². The lowest BCUT2D eigenvalue weighted by molar-refractivity contribution is -0.110. The van der Waals surface area contributed by atoms with Gasteiger partial charge in [-0.1, -0.05) is 25.6 Å². The molecule has 2 fully saturated rings. The normalized spacial score (nSPS) is 23.9. The second-order valence-electron chi connectivity index (χ2n) is 11.4. The first-order chi connectivity index (χ1) is 19.6. The third-order valence-corrected chi connectivity index (χ3v) is 8.81. The number of benzene rings is 2. The van der Waals surface area contributed by atoms with E-state index in [4.69, 9.17) is 4.74 Å². The van der Waals surface area contributed by atoms with Crippen molar-refractivity contribution in [3.8, 4) is 16.9 Å². The summed E-state index contributed by atoms with van der Waals surface area (Å²) in [5.41, 5.74) is 2.96. The van der Waals surface area contributed by atoms with Crippen LogP contribution in [0.3, 0.4) is 0 Å². The van der Waals surface area contributed by atoms with Crippen molar-refractivity contribution in [1.29, 1.82) is 0 Å². The summed E-state index contributed by atoms with van der Waals surface area (Å²) in [5, 5.41) is 2.53. The summed E-state index contributed by atoms with van der Waals surface area (Å²) in [6, 6.07) is 11.1. The number of aromatic amines is 1. The minimum Gasteiger partial charge on any atom is -0.491 e. The molecule has 4 heterocycles. The van der Waals surface area contributed by atoms with Crippen molar-refractivity contribution in [2.24, 2.45) is 5.41 Å². The number of rotatable bonds is 4. The van der Waals surface area contributed by atoms with E-state index in [0.29, 0.717) is 25.2 Å². The molecule has 216 valence electrons. The number of carbonyl (C=O) groups excluding carboxylic acids is 2. The van der Waals surface area contributed by atoms with Crippen LogP contribution in [0.5, 0.6) is 5.75 Å². The summed E-state index contributed by atoms with van der Waals surface area (Å²) >= 11 is 0. The Morgan fingerprint density at radius 2 is 1.90 bits per heavy atom. The molecule has 0 spiro atoms. The monoisotopic (exact) mass is 565 g/mol. The highest BCUT2D eigenvalue weighted by molar-refractivity contribution is 5.88. The van der Waals surface area contributed by atoms with Crippen molar-refractivity contribution in [3.05, 3.63) is 54.6 Å². The Labute approximate surface area is 236 Å². The fourth-order valence-electron chi connectivity index (χ4n) is 6.61. The minimum absolute atomic E-state index is 0.118. The molecule has 0 radical (unpaired) electrons. The highest BCUT2D eigenvalue weighted by atomic mass is 19.3. The van der Waals surface area contributed by atoms with Gasteiger partial charge in [0.1, 0.15) is 12.4 Å². The maximum absolute atomic E-state index is 14.8. The molecule has 3 aliphatic heterocycles. The number of methoxy groups -OCH3 is 1. The van der Waals surface area contributed by atoms with Crippen molar-refractivity contribution < 1.29 is 27.8 Å². The molecule has 3 amide bonds. The molecule has 1 aromatic heterocycles. The number of hydrogen-bond donors (Lipinski definition) is 2. The Kier molecular flexibility index (Phi) is 6.62. The number of piperidine rings is 1. The summed E-state index contributed by atoms with van der Waals surface area (Å²) in [5.74, 6) is -1.97. The molecule has 2 unspecified atom stereocenters. The van der Waals surface area contributed by atoms with Crippen LogP contribution in [0.2, 0.25) is 0 Å². The Morgan fingerprint density at radius 3 is 2.61 bits per heavy atom. The zero-order valence-electron chi connectivity index (χ0n) is 23.1. The molecule has 3 aliphatic rings. The van der Waals surface area contributed by atoms with Gasteiger partial charge in [-0.05, 0) is 67.2 Å². The van der Waals surface area contributed by atoms with E-state index in [-0.39, 0.29) is 36.9 Å². The number of carbonyl (C=O) groups is 2. The molecule has 41 heavy (non-hydrogen) atoms. The van der Waals surface area contributed by atoms with E-state index in [2.05, 4.69) is 26.6 Å². The van der Waals surface area contributed by atoms with Gasteiger partial charge in [0.05, 0.1) is 31.2 Å². The standard InChI is InChI=1S/C30H33F2N5O4/c1-4-30(31,32)29(2)15-21-7-8-22(16-29)37(21)28(39)36-11-12-41-25-10-6-18(13-20(25)17-36)19-5-9-23-24(14-19)34-26(33-23)35-27(38)40-3/h4-6,9-10,13-14,21-22H,1,7-8,11-12,15-17H2,2-3H3,(H2,33,34,35,38).